The summed E-state index contributed by atoms with van der Waals surface area (Å²) in [5, 5.41) is 24.7. The summed E-state index contributed by atoms with van der Waals surface area (Å²) >= 11 is 0. The van der Waals surface area contributed by atoms with Gasteiger partial charge in [0.05, 0.1) is 25.0 Å². The van der Waals surface area contributed by atoms with Crippen molar-refractivity contribution in [1.29, 1.82) is 0 Å². The molecule has 14 nitrogen and oxygen atoms in total. The second kappa shape index (κ2) is 11.6. The molecule has 0 aromatic carbocycles. The van der Waals surface area contributed by atoms with Crippen LogP contribution in [0, 0.1) is 0 Å². The first-order valence-electron chi connectivity index (χ1n) is 8.40. The van der Waals surface area contributed by atoms with Crippen LogP contribution in [0.2, 0.25) is 0 Å². The zero-order valence-corrected chi connectivity index (χ0v) is 15.9. The van der Waals surface area contributed by atoms with E-state index in [9.17, 15) is 33.9 Å². The lowest BCUT2D eigenvalue weighted by atomic mass is 10.1. The van der Waals surface area contributed by atoms with Crippen LogP contribution >= 0.6 is 0 Å². The fraction of sp³-hybridized carbons (Fsp3) is 0.600. The summed E-state index contributed by atoms with van der Waals surface area (Å²) in [6.45, 7) is 2.35. The Balaban J connectivity index is 5.12. The summed E-state index contributed by atoms with van der Waals surface area (Å²) in [5.41, 5.74) is 15.4. The summed E-state index contributed by atoms with van der Waals surface area (Å²) < 4.78 is 0. The van der Waals surface area contributed by atoms with E-state index in [0.29, 0.717) is 0 Å². The highest BCUT2D eigenvalue weighted by atomic mass is 16.4. The number of aliphatic hydroxyl groups excluding tert-OH is 1. The first-order valence-corrected chi connectivity index (χ1v) is 8.40. The minimum atomic E-state index is -1.70. The molecule has 0 aromatic rings. The van der Waals surface area contributed by atoms with Crippen molar-refractivity contribution in [2.75, 3.05) is 0 Å². The number of hydrogen-bond acceptors (Lipinski definition) is 8. The van der Waals surface area contributed by atoms with Crippen LogP contribution in [0.25, 0.3) is 0 Å². The van der Waals surface area contributed by atoms with E-state index in [2.05, 4.69) is 10.6 Å². The molecule has 164 valence electrons. The summed E-state index contributed by atoms with van der Waals surface area (Å²) in [5.74, 6) is -6.21. The molecule has 0 aliphatic heterocycles. The van der Waals surface area contributed by atoms with Gasteiger partial charge in [0.15, 0.2) is 6.04 Å². The number of carboxylic acids is 1. The van der Waals surface area contributed by atoms with Crippen molar-refractivity contribution < 1.29 is 39.0 Å². The van der Waals surface area contributed by atoms with Crippen LogP contribution in [0.1, 0.15) is 26.7 Å². The molecule has 5 amide bonds. The Morgan fingerprint density at radius 3 is 1.76 bits per heavy atom. The van der Waals surface area contributed by atoms with Crippen molar-refractivity contribution in [3.63, 3.8) is 0 Å². The fourth-order valence-corrected chi connectivity index (χ4v) is 2.05. The van der Waals surface area contributed by atoms with Gasteiger partial charge in [0.2, 0.25) is 29.5 Å². The SMILES string of the molecule is CC(NC(=O)C(N)CC(N)=O)C(=O)NC(CC(N)=O)C(=O)NC(C(=O)O)C(C)O. The predicted octanol–water partition coefficient (Wildman–Crippen LogP) is -5.00. The van der Waals surface area contributed by atoms with Crippen LogP contribution in [0.4, 0.5) is 0 Å². The molecule has 0 aliphatic rings. The number of nitrogens with two attached hydrogens (primary N) is 3. The Morgan fingerprint density at radius 1 is 0.828 bits per heavy atom. The van der Waals surface area contributed by atoms with Gasteiger partial charge in [-0.1, -0.05) is 0 Å². The largest absolute Gasteiger partial charge is 0.480 e. The number of hydrogen-bond donors (Lipinski definition) is 8. The molecule has 5 atom stereocenters. The minimum Gasteiger partial charge on any atom is -0.480 e. The fourth-order valence-electron chi connectivity index (χ4n) is 2.05. The van der Waals surface area contributed by atoms with E-state index in [1.165, 1.54) is 6.92 Å². The highest BCUT2D eigenvalue weighted by Crippen LogP contribution is 1.99. The zero-order chi connectivity index (χ0) is 22.9. The van der Waals surface area contributed by atoms with E-state index in [-0.39, 0.29) is 0 Å². The van der Waals surface area contributed by atoms with E-state index in [4.69, 9.17) is 22.3 Å². The lowest BCUT2D eigenvalue weighted by molar-refractivity contribution is -0.145. The van der Waals surface area contributed by atoms with Gasteiger partial charge in [-0.25, -0.2) is 4.79 Å². The predicted molar refractivity (Wildman–Crippen MR) is 96.4 cm³/mol. The van der Waals surface area contributed by atoms with Gasteiger partial charge in [0.1, 0.15) is 12.1 Å². The van der Waals surface area contributed by atoms with Crippen LogP contribution in [-0.4, -0.2) is 76.0 Å². The molecule has 0 aromatic heterocycles. The van der Waals surface area contributed by atoms with Crippen molar-refractivity contribution in [3.05, 3.63) is 0 Å². The topological polar surface area (TPSA) is 257 Å². The maximum atomic E-state index is 12.2. The third-order valence-corrected chi connectivity index (χ3v) is 3.59. The summed E-state index contributed by atoms with van der Waals surface area (Å²) in [6, 6.07) is -5.80. The van der Waals surface area contributed by atoms with Crippen LogP contribution < -0.4 is 33.2 Å². The number of amides is 5. The molecule has 29 heavy (non-hydrogen) atoms. The molecule has 0 radical (unpaired) electrons. The molecular weight excluding hydrogens is 392 g/mol. The highest BCUT2D eigenvalue weighted by Gasteiger charge is 2.31. The van der Waals surface area contributed by atoms with E-state index in [0.717, 1.165) is 6.92 Å². The first kappa shape index (κ1) is 25.7. The molecular formula is C15H26N6O8. The molecule has 11 N–H and O–H groups in total. The number of aliphatic hydroxyl groups is 1. The normalized spacial score (nSPS) is 15.7. The van der Waals surface area contributed by atoms with Gasteiger partial charge in [-0.2, -0.15) is 0 Å². The quantitative estimate of drug-likeness (QED) is 0.151. The monoisotopic (exact) mass is 418 g/mol. The molecule has 0 fully saturated rings. The van der Waals surface area contributed by atoms with Gasteiger partial charge in [-0.3, -0.25) is 24.0 Å². The lowest BCUT2D eigenvalue weighted by Crippen LogP contribution is -2.58. The second-order valence-corrected chi connectivity index (χ2v) is 6.30. The van der Waals surface area contributed by atoms with E-state index >= 15 is 0 Å². The number of primary amides is 2. The summed E-state index contributed by atoms with van der Waals surface area (Å²) in [4.78, 5) is 69.3. The van der Waals surface area contributed by atoms with Gasteiger partial charge < -0.3 is 43.4 Å². The molecule has 0 heterocycles. The van der Waals surface area contributed by atoms with E-state index in [1.54, 1.807) is 0 Å². The lowest BCUT2D eigenvalue weighted by Gasteiger charge is -2.23. The van der Waals surface area contributed by atoms with Crippen molar-refractivity contribution in [2.45, 2.75) is 57.0 Å². The summed E-state index contributed by atoms with van der Waals surface area (Å²) in [6.07, 6.45) is -2.60. The standard InChI is InChI=1S/C15H26N6O8/c1-5(19-13(26)7(16)3-9(17)23)12(25)20-8(4-10(18)24)14(27)21-11(6(2)22)15(28)29/h5-8,11,22H,3-4,16H2,1-2H3,(H2,17,23)(H2,18,24)(H,19,26)(H,20,25)(H,21,27)(H,28,29). The number of carbonyl (C=O) groups excluding carboxylic acids is 5. The number of nitrogens with one attached hydrogen (secondary N) is 3. The van der Waals surface area contributed by atoms with Gasteiger partial charge in [0.25, 0.3) is 0 Å². The first-order chi connectivity index (χ1) is 13.3. The number of carbonyl (C=O) groups is 6. The van der Waals surface area contributed by atoms with Crippen LogP contribution in [0.15, 0.2) is 0 Å². The van der Waals surface area contributed by atoms with Crippen molar-refractivity contribution in [3.8, 4) is 0 Å². The smallest absolute Gasteiger partial charge is 0.328 e. The van der Waals surface area contributed by atoms with Crippen LogP contribution in [0.5, 0.6) is 0 Å². The van der Waals surface area contributed by atoms with Gasteiger partial charge in [-0.05, 0) is 13.8 Å². The van der Waals surface area contributed by atoms with Gasteiger partial charge in [-0.15, -0.1) is 0 Å². The highest BCUT2D eigenvalue weighted by molar-refractivity contribution is 5.96. The van der Waals surface area contributed by atoms with Crippen molar-refractivity contribution in [2.24, 2.45) is 17.2 Å². The molecule has 5 unspecified atom stereocenters. The Bertz CT molecular complexity index is 667. The molecule has 14 heteroatoms. The average molecular weight is 418 g/mol. The van der Waals surface area contributed by atoms with Crippen molar-refractivity contribution in [1.82, 2.24) is 16.0 Å². The third kappa shape index (κ3) is 9.48. The number of aliphatic carboxylic acids is 1. The van der Waals surface area contributed by atoms with Crippen molar-refractivity contribution >= 4 is 35.5 Å². The number of rotatable bonds is 12. The summed E-state index contributed by atoms with van der Waals surface area (Å²) in [7, 11) is 0. The molecule has 0 bridgehead atoms. The Hall–Kier alpha value is -3.26. The Morgan fingerprint density at radius 2 is 1.34 bits per heavy atom. The molecule has 0 rings (SSSR count). The number of carboxylic acid groups (broad SMARTS) is 1. The minimum absolute atomic E-state index is 0.456. The Labute approximate surface area is 165 Å². The third-order valence-electron chi connectivity index (χ3n) is 3.59. The molecule has 0 saturated carbocycles. The van der Waals surface area contributed by atoms with E-state index < -0.39 is 78.6 Å². The maximum Gasteiger partial charge on any atom is 0.328 e. The van der Waals surface area contributed by atoms with Gasteiger partial charge in [0, 0.05) is 0 Å². The van der Waals surface area contributed by atoms with Crippen LogP contribution in [-0.2, 0) is 28.8 Å². The molecule has 0 aliphatic carbocycles. The Kier molecular flexibility index (Phi) is 10.3. The second-order valence-electron chi connectivity index (χ2n) is 6.30. The van der Waals surface area contributed by atoms with Crippen LogP contribution in [0.3, 0.4) is 0 Å². The molecule has 0 spiro atoms. The van der Waals surface area contributed by atoms with E-state index in [1.807, 2.05) is 5.32 Å². The van der Waals surface area contributed by atoms with Gasteiger partial charge >= 0.3 is 5.97 Å². The zero-order valence-electron chi connectivity index (χ0n) is 15.9. The maximum absolute atomic E-state index is 12.2. The average Bonchev–Trinajstić information content (AvgIpc) is 2.56. The molecule has 0 saturated heterocycles.